The summed E-state index contributed by atoms with van der Waals surface area (Å²) in [5, 5.41) is 9.63. The third-order valence-corrected chi connectivity index (χ3v) is 3.26. The molecule has 0 bridgehead atoms. The molecule has 21 heavy (non-hydrogen) atoms. The molecule has 0 saturated heterocycles. The van der Waals surface area contributed by atoms with Crippen LogP contribution in [0.1, 0.15) is 11.1 Å². The summed E-state index contributed by atoms with van der Waals surface area (Å²) in [6.07, 6.45) is 2.51. The summed E-state index contributed by atoms with van der Waals surface area (Å²) in [4.78, 5) is 10.5. The van der Waals surface area contributed by atoms with Crippen LogP contribution in [0.15, 0.2) is 42.5 Å². The molecule has 2 aromatic rings. The van der Waals surface area contributed by atoms with Crippen molar-refractivity contribution in [3.8, 4) is 11.5 Å². The van der Waals surface area contributed by atoms with E-state index in [1.807, 2.05) is 6.92 Å². The number of ether oxygens (including phenoxy) is 1. The molecule has 0 fully saturated rings. The molecule has 3 nitrogen and oxygen atoms in total. The number of carboxylic acid groups (broad SMARTS) is 1. The van der Waals surface area contributed by atoms with Crippen LogP contribution in [0.25, 0.3) is 6.08 Å². The van der Waals surface area contributed by atoms with Gasteiger partial charge in [0.15, 0.2) is 0 Å². The summed E-state index contributed by atoms with van der Waals surface area (Å²) in [7, 11) is 0. The second-order valence-electron chi connectivity index (χ2n) is 4.37. The molecule has 1 N–H and O–H groups in total. The Hall–Kier alpha value is -1.97. The molecule has 5 heteroatoms. The summed E-state index contributed by atoms with van der Waals surface area (Å²) < 4.78 is 5.74. The maximum Gasteiger partial charge on any atom is 0.328 e. The lowest BCUT2D eigenvalue weighted by Gasteiger charge is -2.10. The van der Waals surface area contributed by atoms with Gasteiger partial charge < -0.3 is 9.84 Å². The second-order valence-corrected chi connectivity index (χ2v) is 5.22. The number of hydrogen-bond donors (Lipinski definition) is 1. The van der Waals surface area contributed by atoms with Crippen molar-refractivity contribution < 1.29 is 14.6 Å². The third kappa shape index (κ3) is 4.25. The quantitative estimate of drug-likeness (QED) is 0.787. The van der Waals surface area contributed by atoms with Crippen molar-refractivity contribution in [2.24, 2.45) is 0 Å². The highest BCUT2D eigenvalue weighted by Crippen LogP contribution is 2.32. The smallest absolute Gasteiger partial charge is 0.328 e. The molecule has 2 aromatic carbocycles. The first-order chi connectivity index (χ1) is 9.95. The Morgan fingerprint density at radius 1 is 1.14 bits per heavy atom. The molecular weight excluding hydrogens is 311 g/mol. The Bertz CT molecular complexity index is 709. The van der Waals surface area contributed by atoms with Gasteiger partial charge in [-0.1, -0.05) is 29.3 Å². The van der Waals surface area contributed by atoms with Gasteiger partial charge in [0.05, 0.1) is 5.02 Å². The largest absolute Gasteiger partial charge is 0.478 e. The number of aryl methyl sites for hydroxylation is 1. The van der Waals surface area contributed by atoms with Crippen LogP contribution in [-0.2, 0) is 4.79 Å². The Morgan fingerprint density at radius 2 is 1.86 bits per heavy atom. The van der Waals surface area contributed by atoms with E-state index in [-0.39, 0.29) is 0 Å². The van der Waals surface area contributed by atoms with E-state index in [2.05, 4.69) is 0 Å². The van der Waals surface area contributed by atoms with Crippen molar-refractivity contribution in [2.75, 3.05) is 0 Å². The topological polar surface area (TPSA) is 46.5 Å². The second kappa shape index (κ2) is 6.66. The Kier molecular flexibility index (Phi) is 4.89. The molecule has 0 radical (unpaired) electrons. The highest BCUT2D eigenvalue weighted by atomic mass is 35.5. The molecule has 0 saturated carbocycles. The van der Waals surface area contributed by atoms with Gasteiger partial charge in [0.1, 0.15) is 11.5 Å². The van der Waals surface area contributed by atoms with Gasteiger partial charge in [-0.15, -0.1) is 0 Å². The average molecular weight is 323 g/mol. The van der Waals surface area contributed by atoms with Gasteiger partial charge in [-0.25, -0.2) is 4.79 Å². The summed E-state index contributed by atoms with van der Waals surface area (Å²) in [6, 6.07) is 10.4. The SMILES string of the molecule is Cc1cc(Cl)ccc1Oc1ccc(/C=C/C(=O)O)cc1Cl. The summed E-state index contributed by atoms with van der Waals surface area (Å²) in [5.74, 6) is 0.146. The van der Waals surface area contributed by atoms with Crippen molar-refractivity contribution in [1.29, 1.82) is 0 Å². The van der Waals surface area contributed by atoms with E-state index in [0.29, 0.717) is 27.1 Å². The van der Waals surface area contributed by atoms with Crippen molar-refractivity contribution in [1.82, 2.24) is 0 Å². The van der Waals surface area contributed by atoms with E-state index in [9.17, 15) is 4.79 Å². The number of rotatable bonds is 4. The van der Waals surface area contributed by atoms with Crippen LogP contribution in [0.2, 0.25) is 10.0 Å². The van der Waals surface area contributed by atoms with Gasteiger partial charge in [-0.2, -0.15) is 0 Å². The lowest BCUT2D eigenvalue weighted by Crippen LogP contribution is -1.89. The Balaban J connectivity index is 2.23. The lowest BCUT2D eigenvalue weighted by molar-refractivity contribution is -0.131. The van der Waals surface area contributed by atoms with Crippen LogP contribution in [0.4, 0.5) is 0 Å². The van der Waals surface area contributed by atoms with Gasteiger partial charge in [0, 0.05) is 11.1 Å². The molecule has 0 spiro atoms. The zero-order chi connectivity index (χ0) is 15.4. The van der Waals surface area contributed by atoms with Crippen molar-refractivity contribution in [3.05, 3.63) is 63.6 Å². The predicted octanol–water partition coefficient (Wildman–Crippen LogP) is 5.19. The van der Waals surface area contributed by atoms with E-state index in [1.54, 1.807) is 36.4 Å². The van der Waals surface area contributed by atoms with Gasteiger partial charge in [0.2, 0.25) is 0 Å². The van der Waals surface area contributed by atoms with Crippen LogP contribution in [0.5, 0.6) is 11.5 Å². The first-order valence-electron chi connectivity index (χ1n) is 6.10. The maximum atomic E-state index is 10.5. The summed E-state index contributed by atoms with van der Waals surface area (Å²) in [6.45, 7) is 1.89. The number of aliphatic carboxylic acids is 1. The van der Waals surface area contributed by atoms with Crippen molar-refractivity contribution in [2.45, 2.75) is 6.92 Å². The van der Waals surface area contributed by atoms with Crippen molar-refractivity contribution in [3.63, 3.8) is 0 Å². The first-order valence-corrected chi connectivity index (χ1v) is 6.86. The van der Waals surface area contributed by atoms with Crippen LogP contribution in [0.3, 0.4) is 0 Å². The molecule has 108 valence electrons. The number of carbonyl (C=O) groups is 1. The van der Waals surface area contributed by atoms with Crippen LogP contribution in [-0.4, -0.2) is 11.1 Å². The molecule has 0 unspecified atom stereocenters. The molecule has 0 aliphatic carbocycles. The fourth-order valence-electron chi connectivity index (χ4n) is 1.72. The fraction of sp³-hybridized carbons (Fsp3) is 0.0625. The van der Waals surface area contributed by atoms with Gasteiger partial charge in [-0.05, 0) is 54.5 Å². The molecule has 2 rings (SSSR count). The highest BCUT2D eigenvalue weighted by Gasteiger charge is 2.06. The molecule has 0 amide bonds. The van der Waals surface area contributed by atoms with Gasteiger partial charge >= 0.3 is 5.97 Å². The molecule has 0 heterocycles. The zero-order valence-electron chi connectivity index (χ0n) is 11.1. The Morgan fingerprint density at radius 3 is 2.48 bits per heavy atom. The minimum atomic E-state index is -1.01. The molecule has 0 aliphatic heterocycles. The average Bonchev–Trinajstić information content (AvgIpc) is 2.42. The van der Waals surface area contributed by atoms with Gasteiger partial charge in [-0.3, -0.25) is 0 Å². The maximum absolute atomic E-state index is 10.5. The number of halogens is 2. The first kappa shape index (κ1) is 15.4. The van der Waals surface area contributed by atoms with E-state index < -0.39 is 5.97 Å². The predicted molar refractivity (Wildman–Crippen MR) is 84.4 cm³/mol. The molecule has 0 atom stereocenters. The molecular formula is C16H12Cl2O3. The summed E-state index contributed by atoms with van der Waals surface area (Å²) in [5.41, 5.74) is 1.58. The zero-order valence-corrected chi connectivity index (χ0v) is 12.7. The lowest BCUT2D eigenvalue weighted by atomic mass is 10.2. The number of benzene rings is 2. The fourth-order valence-corrected chi connectivity index (χ4v) is 2.17. The van der Waals surface area contributed by atoms with Gasteiger partial charge in [0.25, 0.3) is 0 Å². The third-order valence-electron chi connectivity index (χ3n) is 2.73. The normalized spacial score (nSPS) is 10.8. The Labute approximate surface area is 132 Å². The van der Waals surface area contributed by atoms with Crippen molar-refractivity contribution >= 4 is 35.2 Å². The molecule has 0 aromatic heterocycles. The number of hydrogen-bond acceptors (Lipinski definition) is 2. The standard InChI is InChI=1S/C16H12Cl2O3/c1-10-8-12(17)4-6-14(10)21-15-5-2-11(9-13(15)18)3-7-16(19)20/h2-9H,1H3,(H,19,20)/b7-3+. The van der Waals surface area contributed by atoms with Crippen LogP contribution in [0, 0.1) is 6.92 Å². The van der Waals surface area contributed by atoms with E-state index in [4.69, 9.17) is 33.0 Å². The monoisotopic (exact) mass is 322 g/mol. The summed E-state index contributed by atoms with van der Waals surface area (Å²) >= 11 is 12.0. The van der Waals surface area contributed by atoms with E-state index in [0.717, 1.165) is 11.6 Å². The minimum absolute atomic E-state index is 0.400. The number of carboxylic acids is 1. The van der Waals surface area contributed by atoms with Crippen LogP contribution >= 0.6 is 23.2 Å². The van der Waals surface area contributed by atoms with E-state index in [1.165, 1.54) is 6.08 Å². The highest BCUT2D eigenvalue weighted by molar-refractivity contribution is 6.32. The molecule has 0 aliphatic rings. The van der Waals surface area contributed by atoms with Crippen LogP contribution < -0.4 is 4.74 Å². The van der Waals surface area contributed by atoms with E-state index >= 15 is 0 Å². The minimum Gasteiger partial charge on any atom is -0.478 e.